The van der Waals surface area contributed by atoms with Crippen LogP contribution in [0.4, 0.5) is 20.2 Å². The summed E-state index contributed by atoms with van der Waals surface area (Å²) in [4.78, 5) is 29.0. The highest BCUT2D eigenvalue weighted by molar-refractivity contribution is 5.96. The van der Waals surface area contributed by atoms with Crippen LogP contribution in [-0.4, -0.2) is 47.4 Å². The van der Waals surface area contributed by atoms with Crippen molar-refractivity contribution in [1.82, 2.24) is 19.9 Å². The number of ether oxygens (including phenoxy) is 1. The zero-order chi connectivity index (χ0) is 28.5. The molecule has 0 saturated carbocycles. The van der Waals surface area contributed by atoms with E-state index in [2.05, 4.69) is 15.1 Å². The van der Waals surface area contributed by atoms with E-state index in [1.807, 2.05) is 26.0 Å². The second kappa shape index (κ2) is 9.43. The first-order valence-corrected chi connectivity index (χ1v) is 13.7. The lowest BCUT2D eigenvalue weighted by molar-refractivity contribution is -0.127. The summed E-state index contributed by atoms with van der Waals surface area (Å²) in [6.07, 6.45) is 1.61. The van der Waals surface area contributed by atoms with E-state index in [0.717, 1.165) is 36.3 Å². The number of hydrogen-bond acceptors (Lipinski definition) is 6. The third-order valence-corrected chi connectivity index (χ3v) is 8.32. The van der Waals surface area contributed by atoms with Crippen LogP contribution in [0.15, 0.2) is 41.2 Å². The molecular formula is C31H28F2N6O2. The van der Waals surface area contributed by atoms with Crippen LogP contribution >= 0.6 is 0 Å². The van der Waals surface area contributed by atoms with Gasteiger partial charge in [-0.2, -0.15) is 0 Å². The van der Waals surface area contributed by atoms with E-state index in [9.17, 15) is 4.79 Å². The zero-order valence-corrected chi connectivity index (χ0v) is 22.8. The number of pyridine rings is 1. The second-order valence-electron chi connectivity index (χ2n) is 11.5. The van der Waals surface area contributed by atoms with Gasteiger partial charge in [-0.1, -0.05) is 0 Å². The van der Waals surface area contributed by atoms with Crippen LogP contribution in [-0.2, 0) is 4.74 Å². The lowest BCUT2D eigenvalue weighted by Gasteiger charge is -2.55. The fourth-order valence-corrected chi connectivity index (χ4v) is 6.43. The van der Waals surface area contributed by atoms with Gasteiger partial charge in [0, 0.05) is 36.6 Å². The van der Waals surface area contributed by atoms with Crippen molar-refractivity contribution in [3.8, 4) is 16.8 Å². The highest BCUT2D eigenvalue weighted by Crippen LogP contribution is 2.42. The standard InChI is InChI=1S/C31H28F2N6O2/c1-17-7-19(8-18(2)36-17)22-9-20(34-3)10-23-27(22)37-29(26-5-4-6-35-26)39(30(23)40)21-11-24(32)28(25(33)12-21)38-13-31(14-38)15-41-16-31/h7-12,26,35H,4-6,13-16H2,1-2H3. The first-order chi connectivity index (χ1) is 19.7. The van der Waals surface area contributed by atoms with E-state index in [4.69, 9.17) is 16.3 Å². The molecular weight excluding hydrogens is 526 g/mol. The average molecular weight is 555 g/mol. The molecule has 5 heterocycles. The largest absolute Gasteiger partial charge is 0.380 e. The minimum absolute atomic E-state index is 0.0116. The molecule has 3 fully saturated rings. The molecule has 7 rings (SSSR count). The number of anilines is 1. The molecule has 1 atom stereocenters. The Labute approximate surface area is 235 Å². The molecule has 10 heteroatoms. The number of nitrogens with zero attached hydrogens (tertiary/aromatic N) is 5. The Kier molecular flexibility index (Phi) is 5.92. The number of fused-ring (bicyclic) bond motifs is 1. The molecule has 41 heavy (non-hydrogen) atoms. The van der Waals surface area contributed by atoms with Crippen molar-refractivity contribution in [2.45, 2.75) is 32.7 Å². The van der Waals surface area contributed by atoms with Crippen molar-refractivity contribution < 1.29 is 13.5 Å². The van der Waals surface area contributed by atoms with Gasteiger partial charge < -0.3 is 15.0 Å². The molecule has 3 aliphatic heterocycles. The molecule has 1 spiro atoms. The summed E-state index contributed by atoms with van der Waals surface area (Å²) in [5.74, 6) is -1.07. The summed E-state index contributed by atoms with van der Waals surface area (Å²) >= 11 is 0. The fourth-order valence-electron chi connectivity index (χ4n) is 6.43. The van der Waals surface area contributed by atoms with Crippen LogP contribution in [0.5, 0.6) is 0 Å². The smallest absolute Gasteiger partial charge is 0.264 e. The Balaban J connectivity index is 1.44. The number of hydrogen-bond donors (Lipinski definition) is 1. The summed E-state index contributed by atoms with van der Waals surface area (Å²) in [5, 5.41) is 3.60. The Morgan fingerprint density at radius 1 is 1.05 bits per heavy atom. The van der Waals surface area contributed by atoms with Crippen LogP contribution in [0.2, 0.25) is 0 Å². The molecule has 0 amide bonds. The number of aryl methyl sites for hydroxylation is 2. The lowest BCUT2D eigenvalue weighted by Crippen LogP contribution is -2.66. The lowest BCUT2D eigenvalue weighted by atomic mass is 9.77. The fraction of sp³-hybridized carbons (Fsp3) is 0.355. The van der Waals surface area contributed by atoms with E-state index in [-0.39, 0.29) is 33.9 Å². The molecule has 3 aliphatic rings. The SMILES string of the molecule is [C-]#[N+]c1cc(-c2cc(C)nc(C)c2)c2nc(C3CCCN3)n(-c3cc(F)c(N4CC5(COC5)C4)c(F)c3)c(=O)c2c1. The van der Waals surface area contributed by atoms with Gasteiger partial charge >= 0.3 is 0 Å². The molecule has 2 aromatic heterocycles. The maximum atomic E-state index is 15.6. The minimum Gasteiger partial charge on any atom is -0.380 e. The van der Waals surface area contributed by atoms with Crippen molar-refractivity contribution in [1.29, 1.82) is 0 Å². The van der Waals surface area contributed by atoms with Crippen LogP contribution in [0, 0.1) is 37.5 Å². The van der Waals surface area contributed by atoms with Gasteiger partial charge in [-0.15, -0.1) is 0 Å². The van der Waals surface area contributed by atoms with Crippen molar-refractivity contribution >= 4 is 22.3 Å². The first kappa shape index (κ1) is 25.7. The molecule has 0 radical (unpaired) electrons. The number of halogens is 2. The monoisotopic (exact) mass is 554 g/mol. The molecule has 208 valence electrons. The van der Waals surface area contributed by atoms with E-state index in [1.54, 1.807) is 11.0 Å². The van der Waals surface area contributed by atoms with Crippen molar-refractivity contribution in [2.75, 3.05) is 37.7 Å². The van der Waals surface area contributed by atoms with Gasteiger partial charge in [0.25, 0.3) is 5.56 Å². The number of nitrogens with one attached hydrogen (secondary N) is 1. The zero-order valence-electron chi connectivity index (χ0n) is 22.8. The van der Waals surface area contributed by atoms with Crippen molar-refractivity contribution in [3.63, 3.8) is 0 Å². The van der Waals surface area contributed by atoms with Crippen LogP contribution in [0.1, 0.15) is 36.1 Å². The molecule has 4 aromatic rings. The normalized spacial score (nSPS) is 19.3. The molecule has 2 aromatic carbocycles. The molecule has 3 saturated heterocycles. The number of rotatable bonds is 4. The predicted octanol–water partition coefficient (Wildman–Crippen LogP) is 5.15. The van der Waals surface area contributed by atoms with Gasteiger partial charge in [0.2, 0.25) is 0 Å². The third kappa shape index (κ3) is 4.19. The summed E-state index contributed by atoms with van der Waals surface area (Å²) in [7, 11) is 0. The molecule has 1 unspecified atom stereocenters. The molecule has 0 bridgehead atoms. The summed E-state index contributed by atoms with van der Waals surface area (Å²) in [5.41, 5.74) is 3.25. The molecule has 1 N–H and O–H groups in total. The van der Waals surface area contributed by atoms with Crippen LogP contribution in [0.3, 0.4) is 0 Å². The van der Waals surface area contributed by atoms with Crippen LogP contribution in [0.25, 0.3) is 32.6 Å². The quantitative estimate of drug-likeness (QED) is 0.352. The Morgan fingerprint density at radius 2 is 1.76 bits per heavy atom. The number of benzene rings is 2. The highest BCUT2D eigenvalue weighted by atomic mass is 19.1. The van der Waals surface area contributed by atoms with E-state index in [0.29, 0.717) is 43.2 Å². The van der Waals surface area contributed by atoms with Gasteiger partial charge in [-0.3, -0.25) is 14.3 Å². The van der Waals surface area contributed by atoms with Crippen LogP contribution < -0.4 is 15.8 Å². The topological polar surface area (TPSA) is 76.6 Å². The van der Waals surface area contributed by atoms with Gasteiger partial charge in [-0.05, 0) is 68.6 Å². The minimum atomic E-state index is -0.731. The van der Waals surface area contributed by atoms with Gasteiger partial charge in [0.1, 0.15) is 11.5 Å². The second-order valence-corrected chi connectivity index (χ2v) is 11.5. The van der Waals surface area contributed by atoms with E-state index < -0.39 is 17.2 Å². The van der Waals surface area contributed by atoms with E-state index >= 15 is 8.78 Å². The summed E-state index contributed by atoms with van der Waals surface area (Å²) < 4.78 is 37.7. The summed E-state index contributed by atoms with van der Waals surface area (Å²) in [6, 6.07) is 9.18. The van der Waals surface area contributed by atoms with Gasteiger partial charge in [-0.25, -0.2) is 18.6 Å². The maximum Gasteiger partial charge on any atom is 0.264 e. The van der Waals surface area contributed by atoms with Gasteiger partial charge in [0.05, 0.1) is 47.8 Å². The van der Waals surface area contributed by atoms with Gasteiger partial charge in [0.15, 0.2) is 17.3 Å². The number of aromatic nitrogens is 3. The highest BCUT2D eigenvalue weighted by Gasteiger charge is 2.50. The Morgan fingerprint density at radius 3 is 2.34 bits per heavy atom. The third-order valence-electron chi connectivity index (χ3n) is 8.32. The Hall–Kier alpha value is -4.20. The summed E-state index contributed by atoms with van der Waals surface area (Å²) in [6.45, 7) is 14.5. The van der Waals surface area contributed by atoms with Crippen molar-refractivity contribution in [2.24, 2.45) is 5.41 Å². The molecule has 8 nitrogen and oxygen atoms in total. The maximum absolute atomic E-state index is 15.6. The average Bonchev–Trinajstić information content (AvgIpc) is 3.42. The van der Waals surface area contributed by atoms with E-state index in [1.165, 1.54) is 22.8 Å². The predicted molar refractivity (Wildman–Crippen MR) is 152 cm³/mol. The first-order valence-electron chi connectivity index (χ1n) is 13.7. The molecule has 0 aliphatic carbocycles. The Bertz CT molecular complexity index is 1780. The van der Waals surface area contributed by atoms with Crippen molar-refractivity contribution in [3.05, 3.63) is 87.0 Å².